The summed E-state index contributed by atoms with van der Waals surface area (Å²) in [5.74, 6) is -1.13. The molecule has 0 spiro atoms. The second-order valence-corrected chi connectivity index (χ2v) is 15.2. The van der Waals surface area contributed by atoms with Crippen LogP contribution >= 0.6 is 0 Å². The summed E-state index contributed by atoms with van der Waals surface area (Å²) in [6.45, 7) is 0. The average Bonchev–Trinajstić information content (AvgIpc) is 3.81. The van der Waals surface area contributed by atoms with E-state index < -0.39 is 11.9 Å². The quantitative estimate of drug-likeness (QED) is 0.126. The highest BCUT2D eigenvalue weighted by molar-refractivity contribution is 6.53. The Labute approximate surface area is 332 Å². The molecule has 0 N–H and O–H groups in total. The molecule has 0 saturated carbocycles. The van der Waals surface area contributed by atoms with Crippen LogP contribution < -0.4 is 0 Å². The van der Waals surface area contributed by atoms with Gasteiger partial charge in [0.1, 0.15) is 0 Å². The number of carbonyl (C=O) groups is 2. The predicted octanol–water partition coefficient (Wildman–Crippen LogP) is 13.8. The first-order valence-corrected chi connectivity index (χ1v) is 19.5. The molecular formula is C54H32O4. The molecule has 0 aromatic heterocycles. The fraction of sp³-hybridized carbons (Fsp3) is 0.0370. The van der Waals surface area contributed by atoms with Gasteiger partial charge in [0.05, 0.1) is 25.3 Å². The van der Waals surface area contributed by atoms with E-state index in [0.29, 0.717) is 10.8 Å². The maximum atomic E-state index is 13.7. The van der Waals surface area contributed by atoms with Gasteiger partial charge in [-0.15, -0.1) is 0 Å². The molecule has 0 aliphatic carbocycles. The van der Waals surface area contributed by atoms with E-state index in [9.17, 15) is 9.59 Å². The van der Waals surface area contributed by atoms with Crippen LogP contribution in [-0.2, 0) is 9.47 Å². The lowest BCUT2D eigenvalue weighted by molar-refractivity contribution is 0.0559. The molecule has 0 heterocycles. The van der Waals surface area contributed by atoms with Crippen LogP contribution in [0.5, 0.6) is 0 Å². The van der Waals surface area contributed by atoms with E-state index in [1.807, 2.05) is 12.1 Å². The number of hydrogen-bond donors (Lipinski definition) is 0. The summed E-state index contributed by atoms with van der Waals surface area (Å²) >= 11 is 0. The number of esters is 2. The Morgan fingerprint density at radius 2 is 0.672 bits per heavy atom. The minimum atomic E-state index is -0.565. The Balaban J connectivity index is 1.41. The molecule has 0 atom stereocenters. The lowest BCUT2D eigenvalue weighted by Crippen LogP contribution is -2.13. The SMILES string of the molecule is COC(=O)c1c(C(=O)OC)c2ccc3cc4c5c(-c6ccccc6)c(-c6ccccc6)c(-c6ccccc6)c(-c6ccccc6)c5c5cc6ccc1c1c6c(c54)c3c21. The molecule has 0 bridgehead atoms. The minimum absolute atomic E-state index is 0.235. The number of rotatable bonds is 6. The Kier molecular flexibility index (Phi) is 6.74. The lowest BCUT2D eigenvalue weighted by atomic mass is 9.79. The number of ether oxygens (including phenoxy) is 2. The van der Waals surface area contributed by atoms with Gasteiger partial charge < -0.3 is 9.47 Å². The molecule has 0 aliphatic heterocycles. The highest BCUT2D eigenvalue weighted by Gasteiger charge is 2.34. The van der Waals surface area contributed by atoms with Crippen molar-refractivity contribution in [3.63, 3.8) is 0 Å². The molecule has 0 unspecified atom stereocenters. The van der Waals surface area contributed by atoms with Crippen molar-refractivity contribution in [3.8, 4) is 44.5 Å². The molecule has 4 nitrogen and oxygen atoms in total. The minimum Gasteiger partial charge on any atom is -0.465 e. The van der Waals surface area contributed by atoms with Crippen molar-refractivity contribution in [2.75, 3.05) is 14.2 Å². The zero-order valence-corrected chi connectivity index (χ0v) is 31.6. The number of carbonyl (C=O) groups excluding carboxylic acids is 2. The van der Waals surface area contributed by atoms with E-state index in [1.54, 1.807) is 0 Å². The van der Waals surface area contributed by atoms with Gasteiger partial charge in [-0.2, -0.15) is 0 Å². The van der Waals surface area contributed by atoms with Gasteiger partial charge in [-0.1, -0.05) is 146 Å². The van der Waals surface area contributed by atoms with Crippen molar-refractivity contribution in [1.29, 1.82) is 0 Å². The maximum Gasteiger partial charge on any atom is 0.339 e. The van der Waals surface area contributed by atoms with Gasteiger partial charge in [0.15, 0.2) is 0 Å². The molecular weight excluding hydrogens is 713 g/mol. The first kappa shape index (κ1) is 32.7. The number of benzene rings is 10. The molecule has 0 amide bonds. The van der Waals surface area contributed by atoms with Crippen molar-refractivity contribution in [2.24, 2.45) is 0 Å². The molecule has 58 heavy (non-hydrogen) atoms. The van der Waals surface area contributed by atoms with E-state index in [1.165, 1.54) is 63.4 Å². The summed E-state index contributed by atoms with van der Waals surface area (Å²) < 4.78 is 10.7. The normalized spacial score (nSPS) is 12.1. The largest absolute Gasteiger partial charge is 0.465 e. The summed E-state index contributed by atoms with van der Waals surface area (Å²) in [6.07, 6.45) is 0. The Morgan fingerprint density at radius 1 is 0.328 bits per heavy atom. The third-order valence-electron chi connectivity index (χ3n) is 12.5. The van der Waals surface area contributed by atoms with Gasteiger partial charge in [0.2, 0.25) is 0 Å². The standard InChI is InChI=1S/C54H32O4/c1-57-53(55)50-35-25-23-33-27-37-45-38(28-34-24-26-36(51(50)54(56)58-2)47-44(34)52(45)43(33)46(35)47)49-42(32-21-13-6-14-22-32)40(30-17-9-4-10-18-30)39(29-15-7-3-8-16-29)41(48(37)49)31-19-11-5-12-20-31/h3-28H,1-2H3. The average molecular weight is 745 g/mol. The van der Waals surface area contributed by atoms with Gasteiger partial charge in [0, 0.05) is 0 Å². The molecule has 0 radical (unpaired) electrons. The van der Waals surface area contributed by atoms with E-state index in [0.717, 1.165) is 60.0 Å². The molecule has 12 rings (SSSR count). The van der Waals surface area contributed by atoms with Crippen LogP contribution in [0.15, 0.2) is 158 Å². The third kappa shape index (κ3) is 4.13. The van der Waals surface area contributed by atoms with Gasteiger partial charge >= 0.3 is 11.9 Å². The topological polar surface area (TPSA) is 52.6 Å². The van der Waals surface area contributed by atoms with Crippen LogP contribution in [0, 0.1) is 0 Å². The molecule has 4 heteroatoms. The highest BCUT2D eigenvalue weighted by Crippen LogP contribution is 2.59. The van der Waals surface area contributed by atoms with Gasteiger partial charge in [-0.05, 0) is 132 Å². The summed E-state index contributed by atoms with van der Waals surface area (Å²) in [6, 6.07) is 56.2. The smallest absolute Gasteiger partial charge is 0.339 e. The van der Waals surface area contributed by atoms with Crippen molar-refractivity contribution >= 4 is 87.3 Å². The fourth-order valence-electron chi connectivity index (χ4n) is 10.4. The molecule has 0 aliphatic rings. The molecule has 0 fully saturated rings. The van der Waals surface area contributed by atoms with Gasteiger partial charge in [-0.25, -0.2) is 9.59 Å². The van der Waals surface area contributed by atoms with E-state index in [-0.39, 0.29) is 11.1 Å². The molecule has 12 aromatic rings. The number of fused-ring (bicyclic) bond motifs is 3. The van der Waals surface area contributed by atoms with E-state index >= 15 is 0 Å². The van der Waals surface area contributed by atoms with E-state index in [2.05, 4.69) is 146 Å². The van der Waals surface area contributed by atoms with Gasteiger partial charge in [0.25, 0.3) is 0 Å². The number of methoxy groups -OCH3 is 2. The third-order valence-corrected chi connectivity index (χ3v) is 12.5. The first-order valence-electron chi connectivity index (χ1n) is 19.5. The summed E-state index contributed by atoms with van der Waals surface area (Å²) in [4.78, 5) is 27.4. The second kappa shape index (κ2) is 12.0. The summed E-state index contributed by atoms with van der Waals surface area (Å²) in [7, 11) is 2.72. The fourth-order valence-corrected chi connectivity index (χ4v) is 10.4. The monoisotopic (exact) mass is 744 g/mol. The second-order valence-electron chi connectivity index (χ2n) is 15.2. The maximum absolute atomic E-state index is 13.7. The lowest BCUT2D eigenvalue weighted by Gasteiger charge is -2.23. The Hall–Kier alpha value is -7.56. The van der Waals surface area contributed by atoms with Crippen LogP contribution in [0.2, 0.25) is 0 Å². The van der Waals surface area contributed by atoms with Crippen molar-refractivity contribution < 1.29 is 19.1 Å². The van der Waals surface area contributed by atoms with Crippen LogP contribution in [0.25, 0.3) is 120 Å². The van der Waals surface area contributed by atoms with Crippen LogP contribution in [0.1, 0.15) is 20.7 Å². The zero-order chi connectivity index (χ0) is 38.8. The van der Waals surface area contributed by atoms with Crippen LogP contribution in [-0.4, -0.2) is 26.2 Å². The van der Waals surface area contributed by atoms with Crippen molar-refractivity contribution in [2.45, 2.75) is 0 Å². The van der Waals surface area contributed by atoms with Crippen molar-refractivity contribution in [3.05, 3.63) is 169 Å². The summed E-state index contributed by atoms with van der Waals surface area (Å²) in [5, 5.41) is 14.8. The summed E-state index contributed by atoms with van der Waals surface area (Å²) in [5.41, 5.74) is 9.77. The first-order chi connectivity index (χ1) is 28.6. The van der Waals surface area contributed by atoms with E-state index in [4.69, 9.17) is 9.47 Å². The molecule has 0 saturated heterocycles. The van der Waals surface area contributed by atoms with Gasteiger partial charge in [-0.3, -0.25) is 0 Å². The Bertz CT molecular complexity index is 3340. The number of hydrogen-bond acceptors (Lipinski definition) is 4. The zero-order valence-electron chi connectivity index (χ0n) is 31.6. The molecule has 12 aromatic carbocycles. The highest BCUT2D eigenvalue weighted by atomic mass is 16.5. The predicted molar refractivity (Wildman–Crippen MR) is 238 cm³/mol. The Morgan fingerprint density at radius 3 is 1.02 bits per heavy atom. The molecule has 272 valence electrons. The van der Waals surface area contributed by atoms with Crippen molar-refractivity contribution in [1.82, 2.24) is 0 Å². The van der Waals surface area contributed by atoms with Crippen LogP contribution in [0.3, 0.4) is 0 Å². The van der Waals surface area contributed by atoms with Crippen LogP contribution in [0.4, 0.5) is 0 Å².